The van der Waals surface area contributed by atoms with Crippen molar-refractivity contribution in [3.63, 3.8) is 0 Å². The lowest BCUT2D eigenvalue weighted by Crippen LogP contribution is -2.14. The highest BCUT2D eigenvalue weighted by Gasteiger charge is 2.17. The zero-order valence-electron chi connectivity index (χ0n) is 13.9. The van der Waals surface area contributed by atoms with Crippen LogP contribution in [0.2, 0.25) is 5.15 Å². The third-order valence-corrected chi connectivity index (χ3v) is 4.04. The summed E-state index contributed by atoms with van der Waals surface area (Å²) in [5.74, 6) is 0.419. The molecule has 1 amide bonds. The van der Waals surface area contributed by atoms with Gasteiger partial charge in [0.25, 0.3) is 5.91 Å². The van der Waals surface area contributed by atoms with Crippen LogP contribution in [0.5, 0.6) is 5.75 Å². The average molecular weight is 335 g/mol. The molecule has 0 aliphatic rings. The van der Waals surface area contributed by atoms with E-state index in [0.29, 0.717) is 23.1 Å². The van der Waals surface area contributed by atoms with Gasteiger partial charge in [0.15, 0.2) is 0 Å². The first-order valence-electron chi connectivity index (χ1n) is 7.95. The lowest BCUT2D eigenvalue weighted by atomic mass is 10.1. The summed E-state index contributed by atoms with van der Waals surface area (Å²) in [5.41, 5.74) is 2.26. The van der Waals surface area contributed by atoms with E-state index in [-0.39, 0.29) is 5.91 Å². The van der Waals surface area contributed by atoms with E-state index in [4.69, 9.17) is 16.3 Å². The number of rotatable bonds is 7. The molecule has 124 valence electrons. The topological polar surface area (TPSA) is 43.3 Å². The van der Waals surface area contributed by atoms with Gasteiger partial charge >= 0.3 is 0 Å². The number of para-hydroxylation sites is 1. The predicted octanol–water partition coefficient (Wildman–Crippen LogP) is 4.67. The van der Waals surface area contributed by atoms with Gasteiger partial charge in [0.2, 0.25) is 0 Å². The van der Waals surface area contributed by atoms with Crippen LogP contribution >= 0.6 is 11.6 Å². The van der Waals surface area contributed by atoms with Gasteiger partial charge in [0, 0.05) is 18.8 Å². The Hall–Kier alpha value is -1.94. The van der Waals surface area contributed by atoms with Crippen LogP contribution in [-0.2, 0) is 13.5 Å². The number of carbonyl (C=O) groups excluding carboxylic acids is 1. The number of aryl methyl sites for hydroxylation is 1. The van der Waals surface area contributed by atoms with Crippen molar-refractivity contribution >= 4 is 23.2 Å². The minimum absolute atomic E-state index is 0.184. The van der Waals surface area contributed by atoms with E-state index in [9.17, 15) is 4.79 Å². The van der Waals surface area contributed by atoms with E-state index >= 15 is 0 Å². The van der Waals surface area contributed by atoms with Crippen LogP contribution in [0, 0.1) is 0 Å². The minimum atomic E-state index is -0.184. The van der Waals surface area contributed by atoms with E-state index < -0.39 is 0 Å². The molecule has 0 fully saturated rings. The minimum Gasteiger partial charge on any atom is -0.493 e. The molecule has 1 heterocycles. The summed E-state index contributed by atoms with van der Waals surface area (Å²) in [7, 11) is 1.87. The standard InChI is InChI=1S/C18H23ClN2O2/c1-4-8-13-15(12-21(3)17(13)19)20-18(22)14-9-6-7-10-16(14)23-11-5-2/h6-7,9-10,12H,4-5,8,11H2,1-3H3,(H,20,22). The van der Waals surface area contributed by atoms with Gasteiger partial charge in [-0.05, 0) is 25.0 Å². The molecule has 4 nitrogen and oxygen atoms in total. The molecule has 0 aliphatic heterocycles. The number of halogens is 1. The fraction of sp³-hybridized carbons (Fsp3) is 0.389. The molecule has 5 heteroatoms. The van der Waals surface area contributed by atoms with Crippen molar-refractivity contribution in [1.82, 2.24) is 4.57 Å². The zero-order chi connectivity index (χ0) is 16.8. The normalized spacial score (nSPS) is 10.6. The van der Waals surface area contributed by atoms with Gasteiger partial charge < -0.3 is 14.6 Å². The van der Waals surface area contributed by atoms with Crippen LogP contribution in [0.25, 0.3) is 0 Å². The number of ether oxygens (including phenoxy) is 1. The molecule has 0 unspecified atom stereocenters. The Morgan fingerprint density at radius 3 is 2.70 bits per heavy atom. The first-order chi connectivity index (χ1) is 11.1. The number of carbonyl (C=O) groups is 1. The quantitative estimate of drug-likeness (QED) is 0.799. The maximum absolute atomic E-state index is 12.6. The molecule has 0 saturated carbocycles. The van der Waals surface area contributed by atoms with Crippen LogP contribution in [-0.4, -0.2) is 17.1 Å². The van der Waals surface area contributed by atoms with E-state index in [1.165, 1.54) is 0 Å². The first kappa shape index (κ1) is 17.4. The third kappa shape index (κ3) is 4.08. The fourth-order valence-electron chi connectivity index (χ4n) is 2.43. The average Bonchev–Trinajstić information content (AvgIpc) is 2.81. The number of benzene rings is 1. The molecular weight excluding hydrogens is 312 g/mol. The van der Waals surface area contributed by atoms with Crippen molar-refractivity contribution < 1.29 is 9.53 Å². The maximum atomic E-state index is 12.6. The molecule has 1 aromatic carbocycles. The van der Waals surface area contributed by atoms with Crippen molar-refractivity contribution in [3.8, 4) is 5.75 Å². The molecule has 1 N–H and O–H groups in total. The van der Waals surface area contributed by atoms with E-state index in [0.717, 1.165) is 30.5 Å². The lowest BCUT2D eigenvalue weighted by molar-refractivity contribution is 0.102. The Kier molecular flexibility index (Phi) is 6.11. The molecule has 1 aromatic heterocycles. The summed E-state index contributed by atoms with van der Waals surface area (Å²) in [6.45, 7) is 4.71. The van der Waals surface area contributed by atoms with Gasteiger partial charge in [-0.1, -0.05) is 44.0 Å². The van der Waals surface area contributed by atoms with E-state index in [1.807, 2.05) is 42.9 Å². The largest absolute Gasteiger partial charge is 0.493 e. The summed E-state index contributed by atoms with van der Waals surface area (Å²) < 4.78 is 7.48. The highest BCUT2D eigenvalue weighted by atomic mass is 35.5. The third-order valence-electron chi connectivity index (χ3n) is 3.55. The Morgan fingerprint density at radius 2 is 2.00 bits per heavy atom. The summed E-state index contributed by atoms with van der Waals surface area (Å²) in [6, 6.07) is 7.28. The molecule has 2 aromatic rings. The van der Waals surface area contributed by atoms with E-state index in [1.54, 1.807) is 6.07 Å². The van der Waals surface area contributed by atoms with Crippen LogP contribution in [0.15, 0.2) is 30.5 Å². The molecular formula is C18H23ClN2O2. The Balaban J connectivity index is 2.24. The fourth-order valence-corrected chi connectivity index (χ4v) is 2.67. The van der Waals surface area contributed by atoms with Crippen molar-refractivity contribution in [3.05, 3.63) is 46.7 Å². The number of aromatic nitrogens is 1. The summed E-state index contributed by atoms with van der Waals surface area (Å²) in [5, 5.41) is 3.63. The van der Waals surface area contributed by atoms with Crippen LogP contribution in [0.1, 0.15) is 42.6 Å². The Bertz CT molecular complexity index is 680. The smallest absolute Gasteiger partial charge is 0.259 e. The van der Waals surface area contributed by atoms with Crippen LogP contribution in [0.4, 0.5) is 5.69 Å². The number of hydrogen-bond donors (Lipinski definition) is 1. The van der Waals surface area contributed by atoms with Gasteiger partial charge in [-0.3, -0.25) is 4.79 Å². The maximum Gasteiger partial charge on any atom is 0.259 e. The molecule has 0 atom stereocenters. The number of anilines is 1. The van der Waals surface area contributed by atoms with Crippen molar-refractivity contribution in [2.24, 2.45) is 7.05 Å². The second-order valence-electron chi connectivity index (χ2n) is 5.47. The molecule has 0 saturated heterocycles. The van der Waals surface area contributed by atoms with Gasteiger partial charge in [-0.15, -0.1) is 0 Å². The Morgan fingerprint density at radius 1 is 1.26 bits per heavy atom. The van der Waals surface area contributed by atoms with Gasteiger partial charge in [-0.2, -0.15) is 0 Å². The molecule has 0 spiro atoms. The second kappa shape index (κ2) is 8.06. The number of nitrogens with zero attached hydrogens (tertiary/aromatic N) is 1. The molecule has 23 heavy (non-hydrogen) atoms. The molecule has 0 radical (unpaired) electrons. The lowest BCUT2D eigenvalue weighted by Gasteiger charge is -2.11. The van der Waals surface area contributed by atoms with Gasteiger partial charge in [0.05, 0.1) is 17.9 Å². The van der Waals surface area contributed by atoms with Gasteiger partial charge in [0.1, 0.15) is 10.9 Å². The number of hydrogen-bond acceptors (Lipinski definition) is 2. The van der Waals surface area contributed by atoms with Crippen molar-refractivity contribution in [2.75, 3.05) is 11.9 Å². The first-order valence-corrected chi connectivity index (χ1v) is 8.33. The zero-order valence-corrected chi connectivity index (χ0v) is 14.6. The van der Waals surface area contributed by atoms with Crippen molar-refractivity contribution in [2.45, 2.75) is 33.1 Å². The van der Waals surface area contributed by atoms with Crippen LogP contribution in [0.3, 0.4) is 0 Å². The van der Waals surface area contributed by atoms with Crippen LogP contribution < -0.4 is 10.1 Å². The second-order valence-corrected chi connectivity index (χ2v) is 5.83. The summed E-state index contributed by atoms with van der Waals surface area (Å²) >= 11 is 6.31. The van der Waals surface area contributed by atoms with Gasteiger partial charge in [-0.25, -0.2) is 0 Å². The highest BCUT2D eigenvalue weighted by molar-refractivity contribution is 6.31. The van der Waals surface area contributed by atoms with E-state index in [2.05, 4.69) is 12.2 Å². The summed E-state index contributed by atoms with van der Waals surface area (Å²) in [4.78, 5) is 12.6. The number of nitrogens with one attached hydrogen (secondary N) is 1. The van der Waals surface area contributed by atoms with Crippen molar-refractivity contribution in [1.29, 1.82) is 0 Å². The number of amides is 1. The predicted molar refractivity (Wildman–Crippen MR) is 94.6 cm³/mol. The molecule has 0 bridgehead atoms. The molecule has 0 aliphatic carbocycles. The highest BCUT2D eigenvalue weighted by Crippen LogP contribution is 2.29. The monoisotopic (exact) mass is 334 g/mol. The SMILES string of the molecule is CCCOc1ccccc1C(=O)Nc1cn(C)c(Cl)c1CCC. The molecule has 2 rings (SSSR count). The summed E-state index contributed by atoms with van der Waals surface area (Å²) in [6.07, 6.45) is 4.53. The Labute approximate surface area is 142 Å².